The molecule has 10 nitrogen and oxygen atoms in total. The van der Waals surface area contributed by atoms with E-state index in [2.05, 4.69) is 41.2 Å². The SMILES string of the molecule is CC(C)[C@@H]1CC[C@@H](C)CC(=O)N2C[C@H]3C[C@H](CN(C(=O)c4cn[nH]c4C4CCCCC4)C3)[C@@H]2CCCC(=O)N1.O=CO. The summed E-state index contributed by atoms with van der Waals surface area (Å²) in [6.07, 6.45) is 13.2. The number of likely N-dealkylation sites (tertiary alicyclic amines) is 1. The molecule has 0 aromatic carbocycles. The van der Waals surface area contributed by atoms with Crippen molar-refractivity contribution >= 4 is 24.2 Å². The zero-order chi connectivity index (χ0) is 30.2. The minimum Gasteiger partial charge on any atom is -0.483 e. The number of nitrogens with zero attached hydrogens (tertiary/aromatic N) is 3. The quantitative estimate of drug-likeness (QED) is 0.445. The molecule has 1 aromatic heterocycles. The smallest absolute Gasteiger partial charge is 0.290 e. The molecule has 3 saturated heterocycles. The molecule has 42 heavy (non-hydrogen) atoms. The zero-order valence-electron chi connectivity index (χ0n) is 25.7. The van der Waals surface area contributed by atoms with Crippen LogP contribution in [0.4, 0.5) is 0 Å². The Morgan fingerprint density at radius 2 is 1.79 bits per heavy atom. The van der Waals surface area contributed by atoms with Crippen molar-refractivity contribution in [2.75, 3.05) is 19.6 Å². The van der Waals surface area contributed by atoms with Gasteiger partial charge in [0.15, 0.2) is 0 Å². The Balaban J connectivity index is 0.00000129. The molecule has 4 heterocycles. The second kappa shape index (κ2) is 15.0. The fourth-order valence-corrected chi connectivity index (χ4v) is 7.81. The summed E-state index contributed by atoms with van der Waals surface area (Å²) in [6.45, 7) is 8.34. The fourth-order valence-electron chi connectivity index (χ4n) is 7.81. The van der Waals surface area contributed by atoms with Gasteiger partial charge < -0.3 is 20.2 Å². The predicted octanol–water partition coefficient (Wildman–Crippen LogP) is 4.58. The Kier molecular flexibility index (Phi) is 11.4. The summed E-state index contributed by atoms with van der Waals surface area (Å²) in [7, 11) is 0. The Morgan fingerprint density at radius 3 is 2.50 bits per heavy atom. The van der Waals surface area contributed by atoms with Gasteiger partial charge in [0.25, 0.3) is 12.4 Å². The number of aromatic amines is 1. The third kappa shape index (κ3) is 7.92. The number of H-pyrrole nitrogens is 1. The highest BCUT2D eigenvalue weighted by atomic mass is 16.3. The van der Waals surface area contributed by atoms with Gasteiger partial charge in [-0.05, 0) is 68.6 Å². The van der Waals surface area contributed by atoms with Crippen molar-refractivity contribution in [2.45, 2.75) is 116 Å². The van der Waals surface area contributed by atoms with E-state index in [-0.39, 0.29) is 48.1 Å². The number of piperidine rings is 2. The summed E-state index contributed by atoms with van der Waals surface area (Å²) in [6, 6.07) is 0.256. The first-order valence-corrected chi connectivity index (χ1v) is 16.2. The normalized spacial score (nSPS) is 29.7. The van der Waals surface area contributed by atoms with Crippen molar-refractivity contribution in [3.05, 3.63) is 17.5 Å². The maximum atomic E-state index is 13.8. The van der Waals surface area contributed by atoms with Crippen LogP contribution in [0.5, 0.6) is 0 Å². The van der Waals surface area contributed by atoms with E-state index in [9.17, 15) is 14.4 Å². The molecule has 234 valence electrons. The molecule has 10 heteroatoms. The van der Waals surface area contributed by atoms with Gasteiger partial charge in [0.2, 0.25) is 11.8 Å². The number of fused-ring (bicyclic) bond motifs is 4. The number of hydrogen-bond acceptors (Lipinski definition) is 5. The molecular formula is C32H51N5O5. The van der Waals surface area contributed by atoms with Crippen LogP contribution in [0.3, 0.4) is 0 Å². The predicted molar refractivity (Wildman–Crippen MR) is 160 cm³/mol. The van der Waals surface area contributed by atoms with Crippen molar-refractivity contribution < 1.29 is 24.3 Å². The van der Waals surface area contributed by atoms with Crippen LogP contribution in [-0.2, 0) is 14.4 Å². The summed E-state index contributed by atoms with van der Waals surface area (Å²) >= 11 is 0. The van der Waals surface area contributed by atoms with Crippen LogP contribution in [0, 0.1) is 23.7 Å². The molecule has 1 aliphatic carbocycles. The lowest BCUT2D eigenvalue weighted by molar-refractivity contribution is -0.141. The van der Waals surface area contributed by atoms with Gasteiger partial charge in [-0.3, -0.25) is 24.3 Å². The third-order valence-electron chi connectivity index (χ3n) is 10.0. The van der Waals surface area contributed by atoms with Gasteiger partial charge in [-0.2, -0.15) is 5.10 Å². The van der Waals surface area contributed by atoms with Gasteiger partial charge in [0.05, 0.1) is 17.5 Å². The number of nitrogens with one attached hydrogen (secondary N) is 2. The van der Waals surface area contributed by atoms with Crippen molar-refractivity contribution in [2.24, 2.45) is 23.7 Å². The Hall–Kier alpha value is -2.91. The van der Waals surface area contributed by atoms with E-state index in [0.29, 0.717) is 43.7 Å². The maximum absolute atomic E-state index is 13.8. The summed E-state index contributed by atoms with van der Waals surface area (Å²) < 4.78 is 0. The van der Waals surface area contributed by atoms with E-state index < -0.39 is 0 Å². The number of rotatable bonds is 3. The monoisotopic (exact) mass is 585 g/mol. The van der Waals surface area contributed by atoms with Crippen LogP contribution in [0.25, 0.3) is 0 Å². The molecular weight excluding hydrogens is 534 g/mol. The standard InChI is InChI=1S/C31H49N5O3.CH2O2/c1-20(2)26-13-12-21(3)14-29(38)36-18-22-15-24(27(36)10-7-11-28(37)33-26)19-35(17-22)31(39)25-16-32-34-30(25)23-8-5-4-6-9-23;2-1-3/h16,20-24,26-27H,4-15,17-19H2,1-3H3,(H,32,34)(H,33,37);1H,(H,2,3)/t21-,22+,24-,26+,27+;/m1./s1. The van der Waals surface area contributed by atoms with E-state index in [4.69, 9.17) is 9.90 Å². The van der Waals surface area contributed by atoms with Crippen LogP contribution < -0.4 is 5.32 Å². The van der Waals surface area contributed by atoms with E-state index in [1.165, 1.54) is 19.3 Å². The molecule has 4 fully saturated rings. The summed E-state index contributed by atoms with van der Waals surface area (Å²) in [4.78, 5) is 52.8. The largest absolute Gasteiger partial charge is 0.483 e. The Morgan fingerprint density at radius 1 is 1.05 bits per heavy atom. The van der Waals surface area contributed by atoms with Crippen LogP contribution in [-0.4, -0.2) is 81.0 Å². The highest BCUT2D eigenvalue weighted by molar-refractivity contribution is 5.95. The Labute approximate surface area is 250 Å². The molecule has 0 radical (unpaired) electrons. The highest BCUT2D eigenvalue weighted by Crippen LogP contribution is 2.38. The molecule has 0 unspecified atom stereocenters. The molecule has 3 amide bonds. The molecule has 5 atom stereocenters. The lowest BCUT2D eigenvalue weighted by Crippen LogP contribution is -2.60. The van der Waals surface area contributed by atoms with Gasteiger partial charge in [0.1, 0.15) is 0 Å². The van der Waals surface area contributed by atoms with Crippen molar-refractivity contribution in [3.8, 4) is 0 Å². The van der Waals surface area contributed by atoms with Crippen molar-refractivity contribution in [3.63, 3.8) is 0 Å². The van der Waals surface area contributed by atoms with Crippen molar-refractivity contribution in [1.29, 1.82) is 0 Å². The first-order valence-electron chi connectivity index (χ1n) is 16.2. The molecule has 0 spiro atoms. The van der Waals surface area contributed by atoms with E-state index in [1.54, 1.807) is 6.20 Å². The summed E-state index contributed by atoms with van der Waals surface area (Å²) in [5.74, 6) is 2.10. The van der Waals surface area contributed by atoms with E-state index in [1.807, 2.05) is 4.90 Å². The number of aromatic nitrogens is 2. The molecule has 3 N–H and O–H groups in total. The summed E-state index contributed by atoms with van der Waals surface area (Å²) in [5.41, 5.74) is 1.77. The molecule has 1 aromatic rings. The number of carboxylic acid groups (broad SMARTS) is 1. The van der Waals surface area contributed by atoms with Gasteiger partial charge >= 0.3 is 0 Å². The first-order chi connectivity index (χ1) is 20.2. The third-order valence-corrected chi connectivity index (χ3v) is 10.0. The van der Waals surface area contributed by atoms with Gasteiger partial charge in [-0.25, -0.2) is 0 Å². The molecule has 1 saturated carbocycles. The van der Waals surface area contributed by atoms with Crippen LogP contribution in [0.1, 0.15) is 120 Å². The van der Waals surface area contributed by atoms with E-state index in [0.717, 1.165) is 62.7 Å². The first kappa shape index (κ1) is 32.0. The molecule has 2 bridgehead atoms. The van der Waals surface area contributed by atoms with Crippen LogP contribution >= 0.6 is 0 Å². The maximum Gasteiger partial charge on any atom is 0.290 e. The van der Waals surface area contributed by atoms with Crippen LogP contribution in [0.2, 0.25) is 0 Å². The Bertz CT molecular complexity index is 1070. The average Bonchev–Trinajstić information content (AvgIpc) is 3.46. The second-order valence-electron chi connectivity index (χ2n) is 13.5. The molecule has 4 aliphatic rings. The zero-order valence-corrected chi connectivity index (χ0v) is 25.7. The topological polar surface area (TPSA) is 136 Å². The molecule has 3 aliphatic heterocycles. The minimum atomic E-state index is -0.250. The average molecular weight is 586 g/mol. The van der Waals surface area contributed by atoms with Crippen LogP contribution in [0.15, 0.2) is 6.20 Å². The highest BCUT2D eigenvalue weighted by Gasteiger charge is 2.44. The number of amides is 3. The van der Waals surface area contributed by atoms with Gasteiger partial charge in [0, 0.05) is 50.5 Å². The van der Waals surface area contributed by atoms with Crippen molar-refractivity contribution in [1.82, 2.24) is 25.3 Å². The fraction of sp³-hybridized carbons (Fsp3) is 0.781. The number of hydrogen-bond donors (Lipinski definition) is 3. The minimum absolute atomic E-state index is 0.0909. The van der Waals surface area contributed by atoms with Gasteiger partial charge in [-0.1, -0.05) is 40.0 Å². The molecule has 5 rings (SSSR count). The van der Waals surface area contributed by atoms with Gasteiger partial charge in [-0.15, -0.1) is 0 Å². The second-order valence-corrected chi connectivity index (χ2v) is 13.5. The number of carbonyl (C=O) groups is 4. The van der Waals surface area contributed by atoms with E-state index >= 15 is 0 Å². The number of carbonyl (C=O) groups excluding carboxylic acids is 3. The lowest BCUT2D eigenvalue weighted by atomic mass is 9.77. The lowest BCUT2D eigenvalue weighted by Gasteiger charge is -2.51. The summed E-state index contributed by atoms with van der Waals surface area (Å²) in [5, 5.41) is 17.6.